The van der Waals surface area contributed by atoms with Crippen LogP contribution in [-0.2, 0) is 35.2 Å². The standard InChI is InChI=1S/C20H26O4/c1-23-19(21)17-15-11-7-4-8-12-16(18(17)20(22)24-2)14-10-6-3-5-9-13(14)15/h3-12H2,1-2H3. The summed E-state index contributed by atoms with van der Waals surface area (Å²) < 4.78 is 10.1. The first-order valence-corrected chi connectivity index (χ1v) is 9.05. The molecule has 130 valence electrons. The minimum Gasteiger partial charge on any atom is -0.465 e. The predicted octanol–water partition coefficient (Wildman–Crippen LogP) is 3.80. The van der Waals surface area contributed by atoms with E-state index in [4.69, 9.17) is 9.47 Å². The van der Waals surface area contributed by atoms with Crippen molar-refractivity contribution >= 4 is 11.9 Å². The lowest BCUT2D eigenvalue weighted by atomic mass is 9.82. The van der Waals surface area contributed by atoms with Crippen LogP contribution in [0.5, 0.6) is 0 Å². The van der Waals surface area contributed by atoms with Crippen LogP contribution in [0.3, 0.4) is 0 Å². The summed E-state index contributed by atoms with van der Waals surface area (Å²) in [6.07, 6.45) is 10.4. The monoisotopic (exact) mass is 330 g/mol. The average Bonchev–Trinajstić information content (AvgIpc) is 2.76. The van der Waals surface area contributed by atoms with Gasteiger partial charge in [0.1, 0.15) is 0 Å². The predicted molar refractivity (Wildman–Crippen MR) is 91.6 cm³/mol. The molecule has 1 aromatic carbocycles. The molecule has 2 aliphatic carbocycles. The van der Waals surface area contributed by atoms with E-state index in [1.807, 2.05) is 0 Å². The lowest BCUT2D eigenvalue weighted by molar-refractivity contribution is 0.0553. The Morgan fingerprint density at radius 1 is 0.583 bits per heavy atom. The van der Waals surface area contributed by atoms with Crippen molar-refractivity contribution in [1.29, 1.82) is 0 Å². The van der Waals surface area contributed by atoms with Crippen LogP contribution in [0.15, 0.2) is 0 Å². The molecule has 4 heteroatoms. The summed E-state index contributed by atoms with van der Waals surface area (Å²) in [5.74, 6) is -0.804. The average molecular weight is 330 g/mol. The fourth-order valence-corrected chi connectivity index (χ4v) is 4.34. The molecule has 24 heavy (non-hydrogen) atoms. The molecule has 0 unspecified atom stereocenters. The smallest absolute Gasteiger partial charge is 0.339 e. The van der Waals surface area contributed by atoms with Gasteiger partial charge in [-0.3, -0.25) is 0 Å². The van der Waals surface area contributed by atoms with Crippen molar-refractivity contribution in [3.63, 3.8) is 0 Å². The van der Waals surface area contributed by atoms with Crippen molar-refractivity contribution in [3.05, 3.63) is 33.4 Å². The van der Waals surface area contributed by atoms with Gasteiger partial charge >= 0.3 is 11.9 Å². The van der Waals surface area contributed by atoms with E-state index in [1.165, 1.54) is 31.8 Å². The first-order chi connectivity index (χ1) is 11.7. The molecule has 2 aliphatic rings. The van der Waals surface area contributed by atoms with Gasteiger partial charge in [0.15, 0.2) is 0 Å². The fourth-order valence-electron chi connectivity index (χ4n) is 4.34. The van der Waals surface area contributed by atoms with Crippen LogP contribution in [0, 0.1) is 0 Å². The maximum Gasteiger partial charge on any atom is 0.339 e. The molecule has 0 saturated heterocycles. The molecular weight excluding hydrogens is 304 g/mol. The van der Waals surface area contributed by atoms with Crippen LogP contribution in [0.1, 0.15) is 81.5 Å². The minimum atomic E-state index is -0.402. The Morgan fingerprint density at radius 2 is 0.917 bits per heavy atom. The molecule has 2 bridgehead atoms. The van der Waals surface area contributed by atoms with Gasteiger partial charge in [-0.1, -0.05) is 12.8 Å². The van der Waals surface area contributed by atoms with Gasteiger partial charge in [-0.25, -0.2) is 9.59 Å². The Kier molecular flexibility index (Phi) is 5.22. The summed E-state index contributed by atoms with van der Waals surface area (Å²) in [5.41, 5.74) is 5.67. The van der Waals surface area contributed by atoms with Gasteiger partial charge in [-0.05, 0) is 73.6 Å². The van der Waals surface area contributed by atoms with Crippen molar-refractivity contribution in [3.8, 4) is 0 Å². The Balaban J connectivity index is 2.36. The molecule has 0 N–H and O–H groups in total. The van der Waals surface area contributed by atoms with Crippen LogP contribution in [-0.4, -0.2) is 26.2 Å². The zero-order chi connectivity index (χ0) is 17.1. The number of hydrogen-bond donors (Lipinski definition) is 0. The summed E-state index contributed by atoms with van der Waals surface area (Å²) in [6.45, 7) is 0. The van der Waals surface area contributed by atoms with E-state index in [9.17, 15) is 9.59 Å². The van der Waals surface area contributed by atoms with Crippen molar-refractivity contribution in [1.82, 2.24) is 0 Å². The number of esters is 2. The number of carbonyl (C=O) groups excluding carboxylic acids is 2. The van der Waals surface area contributed by atoms with Crippen LogP contribution in [0.4, 0.5) is 0 Å². The highest BCUT2D eigenvalue weighted by Crippen LogP contribution is 2.37. The number of rotatable bonds is 2. The molecule has 0 atom stereocenters. The van der Waals surface area contributed by atoms with Crippen molar-refractivity contribution in [2.45, 2.75) is 64.2 Å². The topological polar surface area (TPSA) is 52.6 Å². The zero-order valence-corrected chi connectivity index (χ0v) is 14.7. The Morgan fingerprint density at radius 3 is 1.25 bits per heavy atom. The van der Waals surface area contributed by atoms with Crippen LogP contribution in [0.25, 0.3) is 0 Å². The molecule has 0 fully saturated rings. The molecule has 0 amide bonds. The third-order valence-electron chi connectivity index (χ3n) is 5.43. The maximum absolute atomic E-state index is 12.6. The summed E-state index contributed by atoms with van der Waals surface area (Å²) in [5, 5.41) is 0. The van der Waals surface area contributed by atoms with Crippen molar-refractivity contribution < 1.29 is 19.1 Å². The second kappa shape index (κ2) is 7.37. The van der Waals surface area contributed by atoms with Gasteiger partial charge in [0.2, 0.25) is 0 Å². The normalized spacial score (nSPS) is 17.1. The summed E-state index contributed by atoms with van der Waals surface area (Å²) in [6, 6.07) is 0. The lowest BCUT2D eigenvalue weighted by Gasteiger charge is -2.23. The Bertz CT molecular complexity index is 605. The van der Waals surface area contributed by atoms with Crippen LogP contribution < -0.4 is 0 Å². The van der Waals surface area contributed by atoms with Gasteiger partial charge in [0.25, 0.3) is 0 Å². The van der Waals surface area contributed by atoms with E-state index in [0.29, 0.717) is 11.1 Å². The first-order valence-electron chi connectivity index (χ1n) is 9.05. The van der Waals surface area contributed by atoms with Crippen molar-refractivity contribution in [2.24, 2.45) is 0 Å². The van der Waals surface area contributed by atoms with E-state index in [1.54, 1.807) is 0 Å². The largest absolute Gasteiger partial charge is 0.465 e. The molecule has 0 radical (unpaired) electrons. The quantitative estimate of drug-likeness (QED) is 0.611. The fraction of sp³-hybridized carbons (Fsp3) is 0.600. The summed E-state index contributed by atoms with van der Waals surface area (Å²) in [7, 11) is 2.77. The highest BCUT2D eigenvalue weighted by molar-refractivity contribution is 6.06. The number of benzene rings is 1. The Labute approximate surface area is 143 Å². The number of methoxy groups -OCH3 is 2. The van der Waals surface area contributed by atoms with Crippen molar-refractivity contribution in [2.75, 3.05) is 14.2 Å². The molecule has 1 aromatic rings. The van der Waals surface area contributed by atoms with E-state index < -0.39 is 11.9 Å². The number of ether oxygens (including phenoxy) is 2. The first kappa shape index (κ1) is 17.0. The highest BCUT2D eigenvalue weighted by atomic mass is 16.5. The van der Waals surface area contributed by atoms with Gasteiger partial charge < -0.3 is 9.47 Å². The molecule has 0 aliphatic heterocycles. The molecule has 0 spiro atoms. The number of carbonyl (C=O) groups is 2. The third-order valence-corrected chi connectivity index (χ3v) is 5.43. The SMILES string of the molecule is COC(=O)c1c2c3c(c(c1C(=O)OC)CCCCC2)CCCCC3. The molecule has 3 rings (SSSR count). The van der Waals surface area contributed by atoms with Gasteiger partial charge in [-0.15, -0.1) is 0 Å². The van der Waals surface area contributed by atoms with E-state index in [2.05, 4.69) is 0 Å². The summed E-state index contributed by atoms with van der Waals surface area (Å²) >= 11 is 0. The molecule has 0 saturated carbocycles. The summed E-state index contributed by atoms with van der Waals surface area (Å²) in [4.78, 5) is 25.2. The van der Waals surface area contributed by atoms with E-state index in [-0.39, 0.29) is 0 Å². The zero-order valence-electron chi connectivity index (χ0n) is 14.7. The lowest BCUT2D eigenvalue weighted by Crippen LogP contribution is -2.21. The molecular formula is C20H26O4. The Hall–Kier alpha value is -1.84. The van der Waals surface area contributed by atoms with E-state index >= 15 is 0 Å². The second-order valence-corrected chi connectivity index (χ2v) is 6.77. The van der Waals surface area contributed by atoms with Crippen LogP contribution >= 0.6 is 0 Å². The molecule has 0 aromatic heterocycles. The van der Waals surface area contributed by atoms with Gasteiger partial charge in [0, 0.05) is 0 Å². The van der Waals surface area contributed by atoms with Gasteiger partial charge in [-0.2, -0.15) is 0 Å². The second-order valence-electron chi connectivity index (χ2n) is 6.77. The molecule has 0 heterocycles. The highest BCUT2D eigenvalue weighted by Gasteiger charge is 2.32. The minimum absolute atomic E-state index is 0.402. The van der Waals surface area contributed by atoms with Crippen LogP contribution in [0.2, 0.25) is 0 Å². The van der Waals surface area contributed by atoms with E-state index in [0.717, 1.165) is 68.9 Å². The molecule has 4 nitrogen and oxygen atoms in total. The number of hydrogen-bond acceptors (Lipinski definition) is 4. The maximum atomic E-state index is 12.6. The van der Waals surface area contributed by atoms with Gasteiger partial charge in [0.05, 0.1) is 25.3 Å². The third kappa shape index (κ3) is 2.94.